The third-order valence-electron chi connectivity index (χ3n) is 1.37. The van der Waals surface area contributed by atoms with Crippen molar-refractivity contribution in [2.24, 2.45) is 5.92 Å². The van der Waals surface area contributed by atoms with E-state index in [1.165, 1.54) is 0 Å². The van der Waals surface area contributed by atoms with Crippen molar-refractivity contribution in [3.63, 3.8) is 0 Å². The molecule has 0 fully saturated rings. The molecule has 0 rings (SSSR count). The molecule has 0 bridgehead atoms. The quantitative estimate of drug-likeness (QED) is 0.451. The van der Waals surface area contributed by atoms with Crippen LogP contribution in [-0.2, 0) is 0 Å². The number of rotatable bonds is 5. The van der Waals surface area contributed by atoms with Crippen LogP contribution in [0.25, 0.3) is 0 Å². The Morgan fingerprint density at radius 3 is 2.45 bits per heavy atom. The second-order valence-corrected chi connectivity index (χ2v) is 3.13. The molecule has 0 radical (unpaired) electrons. The molecule has 0 spiro atoms. The molecular weight excluding hydrogens is 170 g/mol. The van der Waals surface area contributed by atoms with Crippen molar-refractivity contribution in [3.05, 3.63) is 12.7 Å². The SMILES string of the molecule is C=CCC(CCl)CC(C)(F)F. The van der Waals surface area contributed by atoms with Crippen molar-refractivity contribution in [2.45, 2.75) is 25.7 Å². The molecule has 0 nitrogen and oxygen atoms in total. The van der Waals surface area contributed by atoms with Gasteiger partial charge in [0.05, 0.1) is 0 Å². The fourth-order valence-electron chi connectivity index (χ4n) is 0.943. The fraction of sp³-hybridized carbons (Fsp3) is 0.750. The Hall–Kier alpha value is -0.110. The summed E-state index contributed by atoms with van der Waals surface area (Å²) in [4.78, 5) is 0. The van der Waals surface area contributed by atoms with Crippen molar-refractivity contribution in [1.82, 2.24) is 0 Å². The fourth-order valence-corrected chi connectivity index (χ4v) is 1.18. The van der Waals surface area contributed by atoms with Gasteiger partial charge in [-0.3, -0.25) is 0 Å². The van der Waals surface area contributed by atoms with Crippen molar-refractivity contribution >= 4 is 11.6 Å². The maximum atomic E-state index is 12.4. The molecule has 11 heavy (non-hydrogen) atoms. The zero-order valence-electron chi connectivity index (χ0n) is 6.62. The number of halogens is 3. The molecular formula is C8H13ClF2. The van der Waals surface area contributed by atoms with Crippen LogP contribution in [0.15, 0.2) is 12.7 Å². The lowest BCUT2D eigenvalue weighted by molar-refractivity contribution is -0.000450. The molecule has 0 aromatic carbocycles. The molecule has 3 heteroatoms. The normalized spacial score (nSPS) is 14.5. The van der Waals surface area contributed by atoms with E-state index in [1.54, 1.807) is 6.08 Å². The molecule has 0 aliphatic heterocycles. The standard InChI is InChI=1S/C8H13ClF2/c1-3-4-7(6-9)5-8(2,10)11/h3,7H,1,4-6H2,2H3. The Balaban J connectivity index is 3.77. The summed E-state index contributed by atoms with van der Waals surface area (Å²) in [6.07, 6.45) is 2.04. The van der Waals surface area contributed by atoms with Gasteiger partial charge in [-0.2, -0.15) is 0 Å². The first-order chi connectivity index (χ1) is 4.99. The van der Waals surface area contributed by atoms with Gasteiger partial charge in [0.25, 0.3) is 0 Å². The van der Waals surface area contributed by atoms with Crippen LogP contribution in [0.4, 0.5) is 8.78 Å². The molecule has 0 amide bonds. The number of alkyl halides is 3. The Kier molecular flexibility index (Phi) is 4.66. The van der Waals surface area contributed by atoms with Gasteiger partial charge in [0, 0.05) is 12.3 Å². The Morgan fingerprint density at radius 1 is 1.64 bits per heavy atom. The highest BCUT2D eigenvalue weighted by molar-refractivity contribution is 6.18. The molecule has 1 unspecified atom stereocenters. The van der Waals surface area contributed by atoms with Crippen LogP contribution in [0.5, 0.6) is 0 Å². The van der Waals surface area contributed by atoms with Gasteiger partial charge in [0.2, 0.25) is 5.92 Å². The minimum absolute atomic E-state index is 0.144. The Morgan fingerprint density at radius 2 is 2.18 bits per heavy atom. The summed E-state index contributed by atoms with van der Waals surface area (Å²) in [7, 11) is 0. The van der Waals surface area contributed by atoms with Crippen LogP contribution in [0, 0.1) is 5.92 Å². The molecule has 0 N–H and O–H groups in total. The van der Waals surface area contributed by atoms with E-state index in [1.807, 2.05) is 0 Å². The molecule has 0 saturated carbocycles. The molecule has 66 valence electrons. The first-order valence-electron chi connectivity index (χ1n) is 3.54. The summed E-state index contributed by atoms with van der Waals surface area (Å²) in [5, 5.41) is 0. The predicted octanol–water partition coefficient (Wildman–Crippen LogP) is 3.46. The van der Waals surface area contributed by atoms with E-state index in [9.17, 15) is 8.78 Å². The topological polar surface area (TPSA) is 0 Å². The maximum absolute atomic E-state index is 12.4. The van der Waals surface area contributed by atoms with E-state index in [0.29, 0.717) is 6.42 Å². The zero-order valence-corrected chi connectivity index (χ0v) is 7.37. The van der Waals surface area contributed by atoms with Crippen molar-refractivity contribution in [1.29, 1.82) is 0 Å². The summed E-state index contributed by atoms with van der Waals surface area (Å²) < 4.78 is 24.8. The van der Waals surface area contributed by atoms with Crippen LogP contribution >= 0.6 is 11.6 Å². The van der Waals surface area contributed by atoms with Crippen LogP contribution in [0.2, 0.25) is 0 Å². The minimum atomic E-state index is -2.61. The summed E-state index contributed by atoms with van der Waals surface area (Å²) in [6.45, 7) is 4.39. The lowest BCUT2D eigenvalue weighted by Crippen LogP contribution is -2.17. The zero-order chi connectivity index (χ0) is 8.91. The van der Waals surface area contributed by atoms with Crippen molar-refractivity contribution < 1.29 is 8.78 Å². The smallest absolute Gasteiger partial charge is 0.207 e. The average Bonchev–Trinajstić information content (AvgIpc) is 1.84. The monoisotopic (exact) mass is 182 g/mol. The van der Waals surface area contributed by atoms with Crippen LogP contribution in [0.1, 0.15) is 19.8 Å². The van der Waals surface area contributed by atoms with Gasteiger partial charge in [-0.1, -0.05) is 6.08 Å². The van der Waals surface area contributed by atoms with E-state index >= 15 is 0 Å². The highest BCUT2D eigenvalue weighted by atomic mass is 35.5. The van der Waals surface area contributed by atoms with Gasteiger partial charge in [-0.15, -0.1) is 18.2 Å². The summed E-state index contributed by atoms with van der Waals surface area (Å²) in [6, 6.07) is 0. The van der Waals surface area contributed by atoms with E-state index in [4.69, 9.17) is 11.6 Å². The lowest BCUT2D eigenvalue weighted by atomic mass is 10.0. The van der Waals surface area contributed by atoms with Gasteiger partial charge in [-0.25, -0.2) is 8.78 Å². The van der Waals surface area contributed by atoms with Gasteiger partial charge < -0.3 is 0 Å². The van der Waals surface area contributed by atoms with E-state index in [2.05, 4.69) is 6.58 Å². The van der Waals surface area contributed by atoms with E-state index < -0.39 is 5.92 Å². The van der Waals surface area contributed by atoms with Crippen molar-refractivity contribution in [3.8, 4) is 0 Å². The number of hydrogen-bond acceptors (Lipinski definition) is 0. The third-order valence-corrected chi connectivity index (χ3v) is 1.80. The van der Waals surface area contributed by atoms with Gasteiger partial charge in [-0.05, 0) is 19.3 Å². The molecule has 0 aromatic heterocycles. The van der Waals surface area contributed by atoms with Crippen LogP contribution < -0.4 is 0 Å². The molecule has 0 aliphatic carbocycles. The largest absolute Gasteiger partial charge is 0.245 e. The summed E-state index contributed by atoms with van der Waals surface area (Å²) in [5.74, 6) is -2.48. The predicted molar refractivity (Wildman–Crippen MR) is 44.3 cm³/mol. The molecule has 0 aromatic rings. The van der Waals surface area contributed by atoms with Gasteiger partial charge in [0.15, 0.2) is 0 Å². The molecule has 0 saturated heterocycles. The second kappa shape index (κ2) is 4.70. The Bertz CT molecular complexity index is 118. The van der Waals surface area contributed by atoms with Crippen LogP contribution in [0.3, 0.4) is 0 Å². The first kappa shape index (κ1) is 10.9. The first-order valence-corrected chi connectivity index (χ1v) is 4.07. The third kappa shape index (κ3) is 6.29. The molecule has 0 aliphatic rings. The molecule has 0 heterocycles. The van der Waals surface area contributed by atoms with E-state index in [0.717, 1.165) is 6.92 Å². The van der Waals surface area contributed by atoms with Crippen molar-refractivity contribution in [2.75, 3.05) is 5.88 Å². The van der Waals surface area contributed by atoms with Crippen LogP contribution in [-0.4, -0.2) is 11.8 Å². The summed E-state index contributed by atoms with van der Waals surface area (Å²) >= 11 is 5.47. The highest BCUT2D eigenvalue weighted by Crippen LogP contribution is 2.25. The minimum Gasteiger partial charge on any atom is -0.207 e. The molecule has 1 atom stereocenters. The highest BCUT2D eigenvalue weighted by Gasteiger charge is 2.25. The number of hydrogen-bond donors (Lipinski definition) is 0. The van der Waals surface area contributed by atoms with E-state index in [-0.39, 0.29) is 18.2 Å². The second-order valence-electron chi connectivity index (χ2n) is 2.82. The van der Waals surface area contributed by atoms with Gasteiger partial charge in [0.1, 0.15) is 0 Å². The Labute approximate surface area is 71.2 Å². The number of allylic oxidation sites excluding steroid dienone is 1. The maximum Gasteiger partial charge on any atom is 0.245 e. The lowest BCUT2D eigenvalue weighted by Gasteiger charge is -2.16. The average molecular weight is 183 g/mol. The summed E-state index contributed by atoms with van der Waals surface area (Å²) in [5.41, 5.74) is 0. The van der Waals surface area contributed by atoms with Gasteiger partial charge >= 0.3 is 0 Å².